The zero-order chi connectivity index (χ0) is 11.7. The van der Waals surface area contributed by atoms with Gasteiger partial charge in [-0.05, 0) is 57.9 Å². The Bertz CT molecular complexity index is 485. The molecule has 0 amide bonds. The maximum atomic E-state index is 12.8. The minimum atomic E-state index is -0.224. The third-order valence-electron chi connectivity index (χ3n) is 2.57. The van der Waals surface area contributed by atoms with Crippen molar-refractivity contribution in [1.29, 1.82) is 0 Å². The molecule has 0 radical (unpaired) electrons. The summed E-state index contributed by atoms with van der Waals surface area (Å²) < 4.78 is 13.8. The van der Waals surface area contributed by atoms with Gasteiger partial charge < -0.3 is 4.90 Å². The normalized spacial score (nSPS) is 15.9. The van der Waals surface area contributed by atoms with Gasteiger partial charge in [-0.1, -0.05) is 6.58 Å². The second kappa shape index (κ2) is 4.26. The van der Waals surface area contributed by atoms with Crippen LogP contribution in [0.1, 0.15) is 5.56 Å². The van der Waals surface area contributed by atoms with E-state index < -0.39 is 0 Å². The Hall–Kier alpha value is -1.35. The van der Waals surface area contributed by atoms with Crippen LogP contribution in [0.3, 0.4) is 0 Å². The Morgan fingerprint density at radius 2 is 1.81 bits per heavy atom. The van der Waals surface area contributed by atoms with Crippen molar-refractivity contribution in [3.8, 4) is 0 Å². The summed E-state index contributed by atoms with van der Waals surface area (Å²) in [6.45, 7) is 3.97. The summed E-state index contributed by atoms with van der Waals surface area (Å²) in [7, 11) is 1.94. The average Bonchev–Trinajstić information content (AvgIpc) is 2.28. The molecular weight excluding hydrogens is 269 g/mol. The highest BCUT2D eigenvalue weighted by molar-refractivity contribution is 9.12. The smallest absolute Gasteiger partial charge is 0.123 e. The van der Waals surface area contributed by atoms with Gasteiger partial charge in [0.1, 0.15) is 5.82 Å². The molecule has 0 aliphatic carbocycles. The number of rotatable bonds is 1. The quantitative estimate of drug-likeness (QED) is 0.754. The Morgan fingerprint density at radius 1 is 1.19 bits per heavy atom. The number of nitrogens with zero attached hydrogens (tertiary/aromatic N) is 1. The SMILES string of the molecule is C=C1C(Br)=CC=C(c2ccc(F)cc2)N1C. The Labute approximate surface area is 103 Å². The number of hydrogen-bond donors (Lipinski definition) is 0. The molecule has 1 nitrogen and oxygen atoms in total. The first-order chi connectivity index (χ1) is 7.59. The number of halogens is 2. The lowest BCUT2D eigenvalue weighted by atomic mass is 10.1. The van der Waals surface area contributed by atoms with Gasteiger partial charge in [0, 0.05) is 22.9 Å². The van der Waals surface area contributed by atoms with Crippen molar-refractivity contribution in [3.05, 3.63) is 64.6 Å². The number of allylic oxidation sites excluding steroid dienone is 3. The van der Waals surface area contributed by atoms with Gasteiger partial charge >= 0.3 is 0 Å². The largest absolute Gasteiger partial charge is 0.344 e. The molecule has 0 aromatic heterocycles. The molecule has 82 valence electrons. The zero-order valence-electron chi connectivity index (χ0n) is 8.87. The van der Waals surface area contributed by atoms with Crippen molar-refractivity contribution in [2.24, 2.45) is 0 Å². The van der Waals surface area contributed by atoms with Gasteiger partial charge in [-0.15, -0.1) is 0 Å². The highest BCUT2D eigenvalue weighted by Crippen LogP contribution is 2.31. The third-order valence-corrected chi connectivity index (χ3v) is 3.29. The van der Waals surface area contributed by atoms with Crippen molar-refractivity contribution >= 4 is 21.6 Å². The van der Waals surface area contributed by atoms with Crippen LogP contribution in [0, 0.1) is 5.82 Å². The van der Waals surface area contributed by atoms with Crippen LogP contribution in [-0.2, 0) is 0 Å². The molecule has 0 atom stereocenters. The molecule has 0 bridgehead atoms. The summed E-state index contributed by atoms with van der Waals surface area (Å²) in [4.78, 5) is 1.97. The summed E-state index contributed by atoms with van der Waals surface area (Å²) in [6, 6.07) is 6.44. The van der Waals surface area contributed by atoms with Crippen molar-refractivity contribution in [2.45, 2.75) is 0 Å². The minimum Gasteiger partial charge on any atom is -0.344 e. The fourth-order valence-corrected chi connectivity index (χ4v) is 1.97. The van der Waals surface area contributed by atoms with E-state index >= 15 is 0 Å². The third kappa shape index (κ3) is 1.95. The predicted molar refractivity (Wildman–Crippen MR) is 68.3 cm³/mol. The zero-order valence-corrected chi connectivity index (χ0v) is 10.5. The molecule has 0 unspecified atom stereocenters. The van der Waals surface area contributed by atoms with E-state index in [1.165, 1.54) is 12.1 Å². The summed E-state index contributed by atoms with van der Waals surface area (Å²) in [5.41, 5.74) is 2.87. The van der Waals surface area contributed by atoms with E-state index in [2.05, 4.69) is 22.5 Å². The molecule has 0 N–H and O–H groups in total. The number of hydrogen-bond acceptors (Lipinski definition) is 1. The van der Waals surface area contributed by atoms with E-state index in [1.54, 1.807) is 12.1 Å². The Kier molecular flexibility index (Phi) is 2.97. The molecule has 3 heteroatoms. The first-order valence-electron chi connectivity index (χ1n) is 4.86. The molecule has 1 aliphatic heterocycles. The molecule has 0 saturated carbocycles. The highest BCUT2D eigenvalue weighted by atomic mass is 79.9. The summed E-state index contributed by atoms with van der Waals surface area (Å²) in [6.07, 6.45) is 3.92. The minimum absolute atomic E-state index is 0.224. The lowest BCUT2D eigenvalue weighted by molar-refractivity contribution is 0.610. The van der Waals surface area contributed by atoms with E-state index in [9.17, 15) is 4.39 Å². The molecule has 1 heterocycles. The van der Waals surface area contributed by atoms with Gasteiger partial charge in [0.2, 0.25) is 0 Å². The van der Waals surface area contributed by atoms with Crippen LogP contribution in [0.15, 0.2) is 53.2 Å². The van der Waals surface area contributed by atoms with Gasteiger partial charge in [0.25, 0.3) is 0 Å². The molecule has 0 fully saturated rings. The molecule has 2 rings (SSSR count). The van der Waals surface area contributed by atoms with Crippen LogP contribution in [0.5, 0.6) is 0 Å². The summed E-state index contributed by atoms with van der Waals surface area (Å²) >= 11 is 3.42. The van der Waals surface area contributed by atoms with Crippen molar-refractivity contribution in [2.75, 3.05) is 7.05 Å². The molecule has 0 spiro atoms. The summed E-state index contributed by atoms with van der Waals surface area (Å²) in [5, 5.41) is 0. The topological polar surface area (TPSA) is 3.24 Å². The first kappa shape index (κ1) is 11.1. The van der Waals surface area contributed by atoms with Gasteiger partial charge in [-0.3, -0.25) is 0 Å². The van der Waals surface area contributed by atoms with Crippen LogP contribution in [-0.4, -0.2) is 11.9 Å². The summed E-state index contributed by atoms with van der Waals surface area (Å²) in [5.74, 6) is -0.224. The fourth-order valence-electron chi connectivity index (χ4n) is 1.58. The highest BCUT2D eigenvalue weighted by Gasteiger charge is 2.15. The molecule has 1 aromatic carbocycles. The predicted octanol–water partition coefficient (Wildman–Crippen LogP) is 3.90. The molecule has 16 heavy (non-hydrogen) atoms. The van der Waals surface area contributed by atoms with Crippen LogP contribution in [0.2, 0.25) is 0 Å². The van der Waals surface area contributed by atoms with E-state index in [0.717, 1.165) is 21.4 Å². The standard InChI is InChI=1S/C13H11BrFN/c1-9-12(14)7-8-13(16(9)2)10-3-5-11(15)6-4-10/h3-8H,1H2,2H3. The second-order valence-corrected chi connectivity index (χ2v) is 4.43. The van der Waals surface area contributed by atoms with Gasteiger partial charge in [0.05, 0.1) is 0 Å². The molecule has 1 aromatic rings. The lowest BCUT2D eigenvalue weighted by Gasteiger charge is -2.27. The van der Waals surface area contributed by atoms with Gasteiger partial charge in [0.15, 0.2) is 0 Å². The molecular formula is C13H11BrFN. The van der Waals surface area contributed by atoms with Gasteiger partial charge in [-0.25, -0.2) is 4.39 Å². The van der Waals surface area contributed by atoms with Crippen molar-refractivity contribution < 1.29 is 4.39 Å². The number of benzene rings is 1. The fraction of sp³-hybridized carbons (Fsp3) is 0.0769. The number of likely N-dealkylation sites (N-methyl/N-ethyl adjacent to an activating group) is 1. The maximum Gasteiger partial charge on any atom is 0.123 e. The Morgan fingerprint density at radius 3 is 2.44 bits per heavy atom. The molecule has 1 aliphatic rings. The van der Waals surface area contributed by atoms with Gasteiger partial charge in [-0.2, -0.15) is 0 Å². The second-order valence-electron chi connectivity index (χ2n) is 3.58. The lowest BCUT2D eigenvalue weighted by Crippen LogP contribution is -2.17. The van der Waals surface area contributed by atoms with E-state index in [1.807, 2.05) is 24.1 Å². The monoisotopic (exact) mass is 279 g/mol. The van der Waals surface area contributed by atoms with Crippen LogP contribution in [0.4, 0.5) is 4.39 Å². The molecule has 0 saturated heterocycles. The van der Waals surface area contributed by atoms with Crippen LogP contribution >= 0.6 is 15.9 Å². The average molecular weight is 280 g/mol. The van der Waals surface area contributed by atoms with Crippen molar-refractivity contribution in [3.63, 3.8) is 0 Å². The Balaban J connectivity index is 2.42. The first-order valence-corrected chi connectivity index (χ1v) is 5.65. The van der Waals surface area contributed by atoms with Crippen LogP contribution in [0.25, 0.3) is 5.70 Å². The van der Waals surface area contributed by atoms with E-state index in [0.29, 0.717) is 0 Å². The van der Waals surface area contributed by atoms with Crippen molar-refractivity contribution in [1.82, 2.24) is 4.90 Å². The van der Waals surface area contributed by atoms with Crippen LogP contribution < -0.4 is 0 Å². The van der Waals surface area contributed by atoms with E-state index in [4.69, 9.17) is 0 Å². The maximum absolute atomic E-state index is 12.8. The van der Waals surface area contributed by atoms with E-state index in [-0.39, 0.29) is 5.82 Å².